The molecule has 1 saturated heterocycles. The van der Waals surface area contributed by atoms with E-state index in [1.165, 1.54) is 12.8 Å². The van der Waals surface area contributed by atoms with Crippen LogP contribution in [0.25, 0.3) is 0 Å². The van der Waals surface area contributed by atoms with Gasteiger partial charge in [0.2, 0.25) is 0 Å². The smallest absolute Gasteiger partial charge is 0.193 e. The first-order valence-corrected chi connectivity index (χ1v) is 8.08. The van der Waals surface area contributed by atoms with E-state index in [1.54, 1.807) is 0 Å². The maximum Gasteiger partial charge on any atom is 0.193 e. The van der Waals surface area contributed by atoms with Crippen LogP contribution in [0.1, 0.15) is 45.5 Å². The molecule has 0 saturated carbocycles. The number of hydrogen-bond donors (Lipinski definition) is 0. The van der Waals surface area contributed by atoms with Crippen molar-refractivity contribution in [2.24, 2.45) is 0 Å². The van der Waals surface area contributed by atoms with Gasteiger partial charge in [-0.2, -0.15) is 0 Å². The van der Waals surface area contributed by atoms with Gasteiger partial charge >= 0.3 is 0 Å². The van der Waals surface area contributed by atoms with Gasteiger partial charge in [0.15, 0.2) is 5.78 Å². The predicted octanol–water partition coefficient (Wildman–Crippen LogP) is 4.13. The van der Waals surface area contributed by atoms with Crippen LogP contribution in [-0.4, -0.2) is 23.8 Å². The topological polar surface area (TPSA) is 20.3 Å². The zero-order valence-electron chi connectivity index (χ0n) is 13.4. The van der Waals surface area contributed by atoms with E-state index in [9.17, 15) is 4.79 Å². The summed E-state index contributed by atoms with van der Waals surface area (Å²) in [7, 11) is 0. The normalized spacial score (nSPS) is 15.2. The van der Waals surface area contributed by atoms with Gasteiger partial charge in [0.1, 0.15) is 0 Å². The third kappa shape index (κ3) is 2.97. The standard InChI is InChI=1S/C20H23NO/c1-15-8-7-9-16(2)19(15)20(22)18-11-4-3-10-17(18)14-21-12-5-6-13-21/h3-4,7-11H,5-6,12-14H2,1-2H3. The van der Waals surface area contributed by atoms with Gasteiger partial charge in [0.05, 0.1) is 0 Å². The highest BCUT2D eigenvalue weighted by Crippen LogP contribution is 2.22. The average Bonchev–Trinajstić information content (AvgIpc) is 3.00. The lowest BCUT2D eigenvalue weighted by atomic mass is 9.92. The molecule has 1 aliphatic heterocycles. The third-order valence-electron chi connectivity index (χ3n) is 4.56. The van der Waals surface area contributed by atoms with Crippen LogP contribution in [-0.2, 0) is 6.54 Å². The predicted molar refractivity (Wildman–Crippen MR) is 90.3 cm³/mol. The summed E-state index contributed by atoms with van der Waals surface area (Å²) in [4.78, 5) is 15.5. The van der Waals surface area contributed by atoms with E-state index in [0.717, 1.165) is 47.5 Å². The Bertz CT molecular complexity index is 664. The summed E-state index contributed by atoms with van der Waals surface area (Å²) in [5.74, 6) is 0.158. The maximum atomic E-state index is 13.1. The average molecular weight is 293 g/mol. The van der Waals surface area contributed by atoms with Crippen molar-refractivity contribution in [1.29, 1.82) is 0 Å². The minimum atomic E-state index is 0.158. The zero-order valence-corrected chi connectivity index (χ0v) is 13.4. The molecule has 0 atom stereocenters. The SMILES string of the molecule is Cc1cccc(C)c1C(=O)c1ccccc1CN1CCCC1. The maximum absolute atomic E-state index is 13.1. The van der Waals surface area contributed by atoms with Crippen molar-refractivity contribution in [2.45, 2.75) is 33.2 Å². The fraction of sp³-hybridized carbons (Fsp3) is 0.350. The summed E-state index contributed by atoms with van der Waals surface area (Å²) in [6.07, 6.45) is 2.54. The van der Waals surface area contributed by atoms with Crippen LogP contribution in [0, 0.1) is 13.8 Å². The number of nitrogens with zero attached hydrogens (tertiary/aromatic N) is 1. The molecule has 3 rings (SSSR count). The lowest BCUT2D eigenvalue weighted by Crippen LogP contribution is -2.20. The molecule has 0 bridgehead atoms. The third-order valence-corrected chi connectivity index (χ3v) is 4.56. The Kier molecular flexibility index (Phi) is 4.39. The first-order chi connectivity index (χ1) is 10.7. The van der Waals surface area contributed by atoms with Gasteiger partial charge in [-0.15, -0.1) is 0 Å². The summed E-state index contributed by atoms with van der Waals surface area (Å²) in [6, 6.07) is 14.1. The fourth-order valence-electron chi connectivity index (χ4n) is 3.37. The van der Waals surface area contributed by atoms with Gasteiger partial charge < -0.3 is 0 Å². The van der Waals surface area contributed by atoms with Crippen molar-refractivity contribution >= 4 is 5.78 Å². The Hall–Kier alpha value is -1.93. The lowest BCUT2D eigenvalue weighted by Gasteiger charge is -2.18. The molecule has 0 aliphatic carbocycles. The highest BCUT2D eigenvalue weighted by molar-refractivity contribution is 6.11. The molecule has 1 aliphatic rings. The minimum Gasteiger partial charge on any atom is -0.299 e. The molecule has 22 heavy (non-hydrogen) atoms. The molecule has 114 valence electrons. The number of carbonyl (C=O) groups is 1. The molecule has 0 radical (unpaired) electrons. The van der Waals surface area contributed by atoms with Crippen LogP contribution in [0.5, 0.6) is 0 Å². The van der Waals surface area contributed by atoms with Crippen molar-refractivity contribution in [3.63, 3.8) is 0 Å². The van der Waals surface area contributed by atoms with Gasteiger partial charge in [-0.3, -0.25) is 9.69 Å². The second kappa shape index (κ2) is 6.45. The second-order valence-electron chi connectivity index (χ2n) is 6.24. The highest BCUT2D eigenvalue weighted by Gasteiger charge is 2.19. The molecular formula is C20H23NO. The van der Waals surface area contributed by atoms with Crippen LogP contribution in [0.2, 0.25) is 0 Å². The largest absolute Gasteiger partial charge is 0.299 e. The van der Waals surface area contributed by atoms with E-state index in [4.69, 9.17) is 0 Å². The van der Waals surface area contributed by atoms with Gasteiger partial charge in [-0.05, 0) is 56.5 Å². The number of ketones is 1. The highest BCUT2D eigenvalue weighted by atomic mass is 16.1. The van der Waals surface area contributed by atoms with E-state index in [-0.39, 0.29) is 5.78 Å². The van der Waals surface area contributed by atoms with E-state index in [1.807, 2.05) is 50.2 Å². The molecule has 0 unspecified atom stereocenters. The molecule has 0 spiro atoms. The first kappa shape index (κ1) is 15.0. The second-order valence-corrected chi connectivity index (χ2v) is 6.24. The van der Waals surface area contributed by atoms with Crippen LogP contribution >= 0.6 is 0 Å². The summed E-state index contributed by atoms with van der Waals surface area (Å²) >= 11 is 0. The Morgan fingerprint density at radius 1 is 0.955 bits per heavy atom. The fourth-order valence-corrected chi connectivity index (χ4v) is 3.37. The summed E-state index contributed by atoms with van der Waals surface area (Å²) in [5.41, 5.74) is 4.97. The van der Waals surface area contributed by atoms with Crippen LogP contribution in [0.15, 0.2) is 42.5 Å². The molecule has 0 amide bonds. The van der Waals surface area contributed by atoms with Crippen molar-refractivity contribution in [3.8, 4) is 0 Å². The van der Waals surface area contributed by atoms with Crippen molar-refractivity contribution < 1.29 is 4.79 Å². The number of aryl methyl sites for hydroxylation is 2. The molecule has 0 N–H and O–H groups in total. The van der Waals surface area contributed by atoms with Crippen LogP contribution < -0.4 is 0 Å². The van der Waals surface area contributed by atoms with Gasteiger partial charge in [-0.1, -0.05) is 42.5 Å². The Labute approximate surface area is 132 Å². The monoisotopic (exact) mass is 293 g/mol. The number of likely N-dealkylation sites (tertiary alicyclic amines) is 1. The van der Waals surface area contributed by atoms with E-state index in [0.29, 0.717) is 0 Å². The minimum absolute atomic E-state index is 0.158. The van der Waals surface area contributed by atoms with E-state index >= 15 is 0 Å². The summed E-state index contributed by atoms with van der Waals surface area (Å²) in [5, 5.41) is 0. The van der Waals surface area contributed by atoms with Crippen molar-refractivity contribution in [1.82, 2.24) is 4.90 Å². The Balaban J connectivity index is 1.95. The van der Waals surface area contributed by atoms with Crippen molar-refractivity contribution in [2.75, 3.05) is 13.1 Å². The van der Waals surface area contributed by atoms with E-state index < -0.39 is 0 Å². The number of rotatable bonds is 4. The van der Waals surface area contributed by atoms with Crippen LogP contribution in [0.4, 0.5) is 0 Å². The lowest BCUT2D eigenvalue weighted by molar-refractivity contribution is 0.103. The first-order valence-electron chi connectivity index (χ1n) is 8.08. The van der Waals surface area contributed by atoms with Crippen LogP contribution in [0.3, 0.4) is 0 Å². The molecule has 1 fully saturated rings. The number of carbonyl (C=O) groups excluding carboxylic acids is 1. The van der Waals surface area contributed by atoms with Crippen molar-refractivity contribution in [3.05, 3.63) is 70.3 Å². The summed E-state index contributed by atoms with van der Waals surface area (Å²) < 4.78 is 0. The molecule has 0 aromatic heterocycles. The van der Waals surface area contributed by atoms with E-state index in [2.05, 4.69) is 11.0 Å². The van der Waals surface area contributed by atoms with Gasteiger partial charge in [0.25, 0.3) is 0 Å². The Morgan fingerprint density at radius 2 is 1.59 bits per heavy atom. The molecule has 1 heterocycles. The Morgan fingerprint density at radius 3 is 2.27 bits per heavy atom. The summed E-state index contributed by atoms with van der Waals surface area (Å²) in [6.45, 7) is 7.21. The molecule has 2 nitrogen and oxygen atoms in total. The molecular weight excluding hydrogens is 270 g/mol. The number of hydrogen-bond acceptors (Lipinski definition) is 2. The molecule has 2 aromatic carbocycles. The number of benzene rings is 2. The quantitative estimate of drug-likeness (QED) is 0.790. The zero-order chi connectivity index (χ0) is 15.5. The van der Waals surface area contributed by atoms with Gasteiger partial charge in [-0.25, -0.2) is 0 Å². The molecule has 2 heteroatoms. The van der Waals surface area contributed by atoms with Gasteiger partial charge in [0, 0.05) is 17.7 Å². The molecule has 2 aromatic rings.